The Bertz CT molecular complexity index is 764. The van der Waals surface area contributed by atoms with Crippen LogP contribution in [0.25, 0.3) is 0 Å². The number of carbonyl (C=O) groups excluding carboxylic acids is 2. The predicted molar refractivity (Wildman–Crippen MR) is 89.4 cm³/mol. The molecule has 0 fully saturated rings. The first-order valence-electron chi connectivity index (χ1n) is 7.52. The van der Waals surface area contributed by atoms with E-state index in [9.17, 15) is 9.59 Å². The van der Waals surface area contributed by atoms with Gasteiger partial charge in [-0.05, 0) is 17.7 Å². The predicted octanol–water partition coefficient (Wildman–Crippen LogP) is 1.05. The normalized spacial score (nSPS) is 13.2. The van der Waals surface area contributed by atoms with Crippen LogP contribution in [0.4, 0.5) is 11.6 Å². The van der Waals surface area contributed by atoms with Gasteiger partial charge in [-0.3, -0.25) is 14.5 Å². The molecule has 0 atom stereocenters. The summed E-state index contributed by atoms with van der Waals surface area (Å²) in [4.78, 5) is 31.6. The first kappa shape index (κ1) is 15.8. The monoisotopic (exact) mass is 326 g/mol. The first-order valence-corrected chi connectivity index (χ1v) is 7.52. The SMILES string of the molecule is CN(Cc1ccccc1)C(=O)CN1C(=O)COc2ccc(N)nc21. The summed E-state index contributed by atoms with van der Waals surface area (Å²) in [5.74, 6) is 0.489. The van der Waals surface area contributed by atoms with Gasteiger partial charge in [0.25, 0.3) is 5.91 Å². The maximum Gasteiger partial charge on any atom is 0.266 e. The van der Waals surface area contributed by atoms with E-state index in [4.69, 9.17) is 10.5 Å². The number of pyridine rings is 1. The van der Waals surface area contributed by atoms with Crippen LogP contribution in [-0.4, -0.2) is 41.9 Å². The Balaban J connectivity index is 1.74. The number of nitrogen functional groups attached to an aromatic ring is 1. The highest BCUT2D eigenvalue weighted by Gasteiger charge is 2.29. The van der Waals surface area contributed by atoms with Crippen LogP contribution in [0, 0.1) is 0 Å². The van der Waals surface area contributed by atoms with Crippen LogP contribution in [0.3, 0.4) is 0 Å². The van der Waals surface area contributed by atoms with Gasteiger partial charge in [-0.2, -0.15) is 0 Å². The number of hydrogen-bond donors (Lipinski definition) is 1. The number of nitrogens with two attached hydrogens (primary N) is 1. The molecule has 0 saturated carbocycles. The lowest BCUT2D eigenvalue weighted by molar-refractivity contribution is -0.131. The Labute approximate surface area is 139 Å². The lowest BCUT2D eigenvalue weighted by atomic mass is 10.2. The number of likely N-dealkylation sites (N-methyl/N-ethyl adjacent to an activating group) is 1. The molecule has 24 heavy (non-hydrogen) atoms. The van der Waals surface area contributed by atoms with E-state index in [2.05, 4.69) is 4.98 Å². The minimum atomic E-state index is -0.318. The van der Waals surface area contributed by atoms with E-state index in [0.717, 1.165) is 5.56 Å². The van der Waals surface area contributed by atoms with Crippen LogP contribution >= 0.6 is 0 Å². The van der Waals surface area contributed by atoms with E-state index >= 15 is 0 Å². The summed E-state index contributed by atoms with van der Waals surface area (Å²) in [6.07, 6.45) is 0. The molecule has 3 rings (SSSR count). The zero-order chi connectivity index (χ0) is 17.1. The van der Waals surface area contributed by atoms with Gasteiger partial charge >= 0.3 is 0 Å². The van der Waals surface area contributed by atoms with Crippen molar-refractivity contribution >= 4 is 23.5 Å². The number of aromatic nitrogens is 1. The smallest absolute Gasteiger partial charge is 0.266 e. The molecular weight excluding hydrogens is 308 g/mol. The fourth-order valence-corrected chi connectivity index (χ4v) is 2.46. The second-order valence-electron chi connectivity index (χ2n) is 5.56. The summed E-state index contributed by atoms with van der Waals surface area (Å²) in [6.45, 7) is 0.249. The van der Waals surface area contributed by atoms with E-state index in [0.29, 0.717) is 12.3 Å². The molecule has 124 valence electrons. The molecule has 2 amide bonds. The van der Waals surface area contributed by atoms with Gasteiger partial charge in [0.1, 0.15) is 12.4 Å². The van der Waals surface area contributed by atoms with E-state index in [1.807, 2.05) is 30.3 Å². The standard InChI is InChI=1S/C17H18N4O3/c1-20(9-12-5-3-2-4-6-12)15(22)10-21-16(23)11-24-13-7-8-14(18)19-17(13)21/h2-8H,9-11H2,1H3,(H2,18,19). The molecule has 1 aliphatic rings. The third-order valence-electron chi connectivity index (χ3n) is 3.75. The number of carbonyl (C=O) groups is 2. The van der Waals surface area contributed by atoms with Gasteiger partial charge in [-0.1, -0.05) is 30.3 Å². The quantitative estimate of drug-likeness (QED) is 0.907. The molecule has 0 spiro atoms. The molecule has 7 nitrogen and oxygen atoms in total. The van der Waals surface area contributed by atoms with Crippen molar-refractivity contribution in [3.63, 3.8) is 0 Å². The fourth-order valence-electron chi connectivity index (χ4n) is 2.46. The molecular formula is C17H18N4O3. The zero-order valence-corrected chi connectivity index (χ0v) is 13.3. The van der Waals surface area contributed by atoms with Gasteiger partial charge in [0.15, 0.2) is 18.2 Å². The van der Waals surface area contributed by atoms with E-state index in [1.54, 1.807) is 24.1 Å². The van der Waals surface area contributed by atoms with Crippen molar-refractivity contribution in [2.45, 2.75) is 6.54 Å². The number of nitrogens with zero attached hydrogens (tertiary/aromatic N) is 3. The first-order chi connectivity index (χ1) is 11.5. The van der Waals surface area contributed by atoms with Gasteiger partial charge in [-0.15, -0.1) is 0 Å². The molecule has 0 radical (unpaired) electrons. The van der Waals surface area contributed by atoms with Crippen molar-refractivity contribution in [3.8, 4) is 5.75 Å². The van der Waals surface area contributed by atoms with Crippen molar-refractivity contribution in [2.75, 3.05) is 30.8 Å². The van der Waals surface area contributed by atoms with Crippen molar-refractivity contribution < 1.29 is 14.3 Å². The summed E-state index contributed by atoms with van der Waals surface area (Å²) in [7, 11) is 1.70. The maximum absolute atomic E-state index is 12.5. The molecule has 2 N–H and O–H groups in total. The lowest BCUT2D eigenvalue weighted by Gasteiger charge is -2.29. The number of amides is 2. The molecule has 0 unspecified atom stereocenters. The molecule has 0 aliphatic carbocycles. The Kier molecular flexibility index (Phi) is 4.33. The van der Waals surface area contributed by atoms with Gasteiger partial charge in [0, 0.05) is 13.6 Å². The highest BCUT2D eigenvalue weighted by atomic mass is 16.5. The molecule has 2 aromatic rings. The average molecular weight is 326 g/mol. The number of rotatable bonds is 4. The molecule has 7 heteroatoms. The molecule has 1 aromatic heterocycles. The second-order valence-corrected chi connectivity index (χ2v) is 5.56. The van der Waals surface area contributed by atoms with Crippen LogP contribution in [0.1, 0.15) is 5.56 Å². The molecule has 1 aromatic carbocycles. The summed E-state index contributed by atoms with van der Waals surface area (Å²) < 4.78 is 5.32. The number of benzene rings is 1. The van der Waals surface area contributed by atoms with E-state index in [-0.39, 0.29) is 36.6 Å². The second kappa shape index (κ2) is 6.57. The summed E-state index contributed by atoms with van der Waals surface area (Å²) >= 11 is 0. The van der Waals surface area contributed by atoms with Crippen LogP contribution in [0.5, 0.6) is 5.75 Å². The number of anilines is 2. The Morgan fingerprint density at radius 1 is 1.29 bits per heavy atom. The summed E-state index contributed by atoms with van der Waals surface area (Å²) in [5.41, 5.74) is 6.70. The van der Waals surface area contributed by atoms with Crippen molar-refractivity contribution in [3.05, 3.63) is 48.0 Å². The number of fused-ring (bicyclic) bond motifs is 1. The topological polar surface area (TPSA) is 88.8 Å². The summed E-state index contributed by atoms with van der Waals surface area (Å²) in [6, 6.07) is 12.9. The third kappa shape index (κ3) is 3.29. The highest BCUT2D eigenvalue weighted by molar-refractivity contribution is 6.01. The van der Waals surface area contributed by atoms with Gasteiger partial charge in [-0.25, -0.2) is 4.98 Å². The summed E-state index contributed by atoms with van der Waals surface area (Å²) in [5, 5.41) is 0. The molecule has 0 saturated heterocycles. The van der Waals surface area contributed by atoms with E-state index in [1.165, 1.54) is 4.90 Å². The maximum atomic E-state index is 12.5. The largest absolute Gasteiger partial charge is 0.480 e. The Hall–Kier alpha value is -3.09. The third-order valence-corrected chi connectivity index (χ3v) is 3.75. The van der Waals surface area contributed by atoms with Gasteiger partial charge in [0.2, 0.25) is 5.91 Å². The van der Waals surface area contributed by atoms with Crippen LogP contribution in [0.2, 0.25) is 0 Å². The van der Waals surface area contributed by atoms with Gasteiger partial charge in [0.05, 0.1) is 0 Å². The van der Waals surface area contributed by atoms with Crippen LogP contribution < -0.4 is 15.4 Å². The fraction of sp³-hybridized carbons (Fsp3) is 0.235. The van der Waals surface area contributed by atoms with Crippen LogP contribution in [-0.2, 0) is 16.1 Å². The Morgan fingerprint density at radius 2 is 2.04 bits per heavy atom. The minimum Gasteiger partial charge on any atom is -0.480 e. The zero-order valence-electron chi connectivity index (χ0n) is 13.3. The minimum absolute atomic E-state index is 0.102. The van der Waals surface area contributed by atoms with Gasteiger partial charge < -0.3 is 15.4 Å². The van der Waals surface area contributed by atoms with Crippen molar-refractivity contribution in [1.29, 1.82) is 0 Å². The molecule has 0 bridgehead atoms. The highest BCUT2D eigenvalue weighted by Crippen LogP contribution is 2.30. The number of hydrogen-bond acceptors (Lipinski definition) is 5. The van der Waals surface area contributed by atoms with Crippen molar-refractivity contribution in [1.82, 2.24) is 9.88 Å². The van der Waals surface area contributed by atoms with Crippen LogP contribution in [0.15, 0.2) is 42.5 Å². The molecule has 2 heterocycles. The molecule has 1 aliphatic heterocycles. The van der Waals surface area contributed by atoms with Crippen molar-refractivity contribution in [2.24, 2.45) is 0 Å². The number of ether oxygens (including phenoxy) is 1. The average Bonchev–Trinajstić information content (AvgIpc) is 2.58. The Morgan fingerprint density at radius 3 is 2.79 bits per heavy atom. The van der Waals surface area contributed by atoms with E-state index < -0.39 is 0 Å². The lowest BCUT2D eigenvalue weighted by Crippen LogP contribution is -2.45.